The molecular weight excluding hydrogens is 211 g/mol. The summed E-state index contributed by atoms with van der Waals surface area (Å²) in [6.45, 7) is 0. The monoisotopic (exact) mass is 218 g/mol. The van der Waals surface area contributed by atoms with Crippen LogP contribution in [0, 0.1) is 0 Å². The van der Waals surface area contributed by atoms with Gasteiger partial charge in [-0.25, -0.2) is 0 Å². The molecule has 0 spiro atoms. The third-order valence-electron chi connectivity index (χ3n) is 1.41. The molecule has 1 aromatic carbocycles. The molecule has 3 N–H and O–H groups in total. The highest BCUT2D eigenvalue weighted by atomic mass is 35.5. The minimum atomic E-state index is -0.275. The van der Waals surface area contributed by atoms with Gasteiger partial charge in [0.25, 0.3) is 0 Å². The number of hydrogen-bond acceptors (Lipinski definition) is 2. The molecule has 0 radical (unpaired) electrons. The van der Waals surface area contributed by atoms with Crippen molar-refractivity contribution >= 4 is 40.5 Å². The topological polar surface area (TPSA) is 55.1 Å². The molecule has 0 fully saturated rings. The Bertz CT molecular complexity index is 328. The second-order valence-electron chi connectivity index (χ2n) is 2.42. The number of halogens is 2. The van der Waals surface area contributed by atoms with Crippen LogP contribution in [-0.2, 0) is 4.79 Å². The van der Waals surface area contributed by atoms with E-state index in [0.717, 1.165) is 0 Å². The first-order valence-electron chi connectivity index (χ1n) is 3.54. The largest absolute Gasteiger partial charge is 0.398 e. The molecule has 0 saturated carbocycles. The Morgan fingerprint density at radius 1 is 1.54 bits per heavy atom. The number of nitrogens with one attached hydrogen (secondary N) is 1. The minimum absolute atomic E-state index is 0.0814. The summed E-state index contributed by atoms with van der Waals surface area (Å²) in [5.74, 6) is -0.357. The predicted octanol–water partition coefficient (Wildman–Crippen LogP) is 2.10. The van der Waals surface area contributed by atoms with Gasteiger partial charge in [-0.05, 0) is 18.2 Å². The van der Waals surface area contributed by atoms with E-state index in [4.69, 9.17) is 28.9 Å². The molecule has 5 heteroatoms. The first-order valence-corrected chi connectivity index (χ1v) is 4.45. The lowest BCUT2D eigenvalue weighted by Crippen LogP contribution is -2.12. The number of anilines is 2. The smallest absolute Gasteiger partial charge is 0.239 e. The third-order valence-corrected chi connectivity index (χ3v) is 1.98. The quantitative estimate of drug-likeness (QED) is 0.591. The summed E-state index contributed by atoms with van der Waals surface area (Å²) in [5, 5.41) is 2.96. The van der Waals surface area contributed by atoms with Gasteiger partial charge in [0, 0.05) is 5.69 Å². The van der Waals surface area contributed by atoms with Gasteiger partial charge in [-0.2, -0.15) is 0 Å². The first kappa shape index (κ1) is 10.2. The average molecular weight is 219 g/mol. The van der Waals surface area contributed by atoms with Crippen molar-refractivity contribution in [3.05, 3.63) is 23.2 Å². The summed E-state index contributed by atoms with van der Waals surface area (Å²) < 4.78 is 0. The lowest BCUT2D eigenvalue weighted by atomic mass is 10.3. The summed E-state index contributed by atoms with van der Waals surface area (Å²) in [7, 11) is 0. The number of nitrogen functional groups attached to an aromatic ring is 1. The number of carbonyl (C=O) groups excluding carboxylic acids is 1. The molecule has 0 unspecified atom stereocenters. The number of carbonyl (C=O) groups is 1. The molecule has 0 heterocycles. The normalized spacial score (nSPS) is 9.69. The van der Waals surface area contributed by atoms with Gasteiger partial charge in [-0.3, -0.25) is 4.79 Å². The van der Waals surface area contributed by atoms with Crippen LogP contribution in [-0.4, -0.2) is 11.8 Å². The molecule has 0 saturated heterocycles. The second-order valence-corrected chi connectivity index (χ2v) is 3.09. The first-order chi connectivity index (χ1) is 6.13. The average Bonchev–Trinajstić information content (AvgIpc) is 2.11. The standard InChI is InChI=1S/C8H8Cl2N2O/c9-4-8(13)12-5-1-2-7(11)6(10)3-5/h1-3H,4,11H2,(H,12,13). The van der Waals surface area contributed by atoms with Gasteiger partial charge in [-0.1, -0.05) is 11.6 Å². The van der Waals surface area contributed by atoms with Crippen molar-refractivity contribution in [3.63, 3.8) is 0 Å². The van der Waals surface area contributed by atoms with Gasteiger partial charge in [0.1, 0.15) is 5.88 Å². The highest BCUT2D eigenvalue weighted by Crippen LogP contribution is 2.22. The molecule has 1 amide bonds. The van der Waals surface area contributed by atoms with E-state index in [-0.39, 0.29) is 11.8 Å². The zero-order valence-corrected chi connectivity index (χ0v) is 8.19. The second kappa shape index (κ2) is 4.35. The highest BCUT2D eigenvalue weighted by molar-refractivity contribution is 6.33. The zero-order chi connectivity index (χ0) is 9.84. The fourth-order valence-electron chi connectivity index (χ4n) is 0.799. The SMILES string of the molecule is Nc1ccc(NC(=O)CCl)cc1Cl. The molecule has 1 rings (SSSR count). The summed E-state index contributed by atoms with van der Waals surface area (Å²) in [4.78, 5) is 10.9. The van der Waals surface area contributed by atoms with Crippen LogP contribution in [0.2, 0.25) is 5.02 Å². The molecule has 13 heavy (non-hydrogen) atoms. The fraction of sp³-hybridized carbons (Fsp3) is 0.125. The van der Waals surface area contributed by atoms with E-state index < -0.39 is 0 Å². The molecular formula is C8H8Cl2N2O. The van der Waals surface area contributed by atoms with E-state index in [0.29, 0.717) is 16.4 Å². The number of amides is 1. The maximum Gasteiger partial charge on any atom is 0.239 e. The number of benzene rings is 1. The summed E-state index contributed by atoms with van der Waals surface area (Å²) in [5.41, 5.74) is 6.55. The van der Waals surface area contributed by atoms with Gasteiger partial charge < -0.3 is 11.1 Å². The summed E-state index contributed by atoms with van der Waals surface area (Å²) in [6, 6.07) is 4.85. The van der Waals surface area contributed by atoms with Crippen LogP contribution in [0.3, 0.4) is 0 Å². The van der Waals surface area contributed by atoms with Crippen LogP contribution < -0.4 is 11.1 Å². The predicted molar refractivity (Wildman–Crippen MR) is 55.2 cm³/mol. The van der Waals surface area contributed by atoms with Crippen molar-refractivity contribution in [2.24, 2.45) is 0 Å². The Balaban J connectivity index is 2.79. The molecule has 70 valence electrons. The maximum atomic E-state index is 10.9. The Morgan fingerprint density at radius 2 is 2.23 bits per heavy atom. The Hall–Kier alpha value is -0.930. The number of alkyl halides is 1. The Labute approximate surface area is 85.8 Å². The fourth-order valence-corrected chi connectivity index (χ4v) is 1.05. The van der Waals surface area contributed by atoms with Gasteiger partial charge in [0.15, 0.2) is 0 Å². The molecule has 3 nitrogen and oxygen atoms in total. The van der Waals surface area contributed by atoms with Gasteiger partial charge in [-0.15, -0.1) is 11.6 Å². The lowest BCUT2D eigenvalue weighted by molar-refractivity contribution is -0.113. The van der Waals surface area contributed by atoms with Crippen LogP contribution in [0.25, 0.3) is 0 Å². The van der Waals surface area contributed by atoms with Crippen molar-refractivity contribution < 1.29 is 4.79 Å². The van der Waals surface area contributed by atoms with Crippen molar-refractivity contribution in [3.8, 4) is 0 Å². The van der Waals surface area contributed by atoms with Crippen molar-refractivity contribution in [2.45, 2.75) is 0 Å². The molecule has 0 aromatic heterocycles. The summed E-state index contributed by atoms with van der Waals surface area (Å²) in [6.07, 6.45) is 0. The van der Waals surface area contributed by atoms with E-state index in [2.05, 4.69) is 5.32 Å². The maximum absolute atomic E-state index is 10.9. The van der Waals surface area contributed by atoms with E-state index in [1.807, 2.05) is 0 Å². The van der Waals surface area contributed by atoms with Gasteiger partial charge in [0.2, 0.25) is 5.91 Å². The lowest BCUT2D eigenvalue weighted by Gasteiger charge is -2.04. The third kappa shape index (κ3) is 2.79. The summed E-state index contributed by atoms with van der Waals surface area (Å²) >= 11 is 11.0. The van der Waals surface area contributed by atoms with Gasteiger partial charge >= 0.3 is 0 Å². The molecule has 1 aromatic rings. The highest BCUT2D eigenvalue weighted by Gasteiger charge is 2.01. The Kier molecular flexibility index (Phi) is 3.39. The molecule has 0 atom stereocenters. The zero-order valence-electron chi connectivity index (χ0n) is 6.68. The Morgan fingerprint density at radius 3 is 2.77 bits per heavy atom. The molecule has 0 aliphatic heterocycles. The number of rotatable bonds is 2. The molecule has 0 aliphatic rings. The number of nitrogens with two attached hydrogens (primary N) is 1. The number of hydrogen-bond donors (Lipinski definition) is 2. The van der Waals surface area contributed by atoms with Crippen LogP contribution in [0.15, 0.2) is 18.2 Å². The van der Waals surface area contributed by atoms with Crippen molar-refractivity contribution in [2.75, 3.05) is 16.9 Å². The van der Waals surface area contributed by atoms with E-state index >= 15 is 0 Å². The molecule has 0 aliphatic carbocycles. The van der Waals surface area contributed by atoms with Crippen LogP contribution in [0.4, 0.5) is 11.4 Å². The van der Waals surface area contributed by atoms with Gasteiger partial charge in [0.05, 0.1) is 10.7 Å². The van der Waals surface area contributed by atoms with Crippen LogP contribution >= 0.6 is 23.2 Å². The van der Waals surface area contributed by atoms with Crippen LogP contribution in [0.5, 0.6) is 0 Å². The van der Waals surface area contributed by atoms with E-state index in [9.17, 15) is 4.79 Å². The van der Waals surface area contributed by atoms with E-state index in [1.165, 1.54) is 0 Å². The van der Waals surface area contributed by atoms with Crippen LogP contribution in [0.1, 0.15) is 0 Å². The van der Waals surface area contributed by atoms with Crippen molar-refractivity contribution in [1.29, 1.82) is 0 Å². The van der Waals surface area contributed by atoms with Crippen molar-refractivity contribution in [1.82, 2.24) is 0 Å². The minimum Gasteiger partial charge on any atom is -0.398 e. The molecule has 0 bridgehead atoms. The van der Waals surface area contributed by atoms with E-state index in [1.54, 1.807) is 18.2 Å².